The van der Waals surface area contributed by atoms with Crippen molar-refractivity contribution in [1.29, 1.82) is 0 Å². The molecule has 2 aliphatic heterocycles. The van der Waals surface area contributed by atoms with E-state index < -0.39 is 11.6 Å². The Labute approximate surface area is 139 Å². The van der Waals surface area contributed by atoms with Crippen molar-refractivity contribution >= 4 is 11.9 Å². The van der Waals surface area contributed by atoms with Crippen molar-refractivity contribution in [2.75, 3.05) is 6.79 Å². The highest BCUT2D eigenvalue weighted by atomic mass is 16.7. The molecule has 4 rings (SSSR count). The molecule has 0 radical (unpaired) electrons. The van der Waals surface area contributed by atoms with Crippen molar-refractivity contribution < 1.29 is 19.1 Å². The minimum atomic E-state index is -1.12. The standard InChI is InChI=1S/C18H16N2O4/c1-18(13-7-8-14-15(9-13)24-11-23-14)16(21)20(17(22)19-18)10-12-5-3-2-4-6-12/h2-9H,10-11H2,1H3,(H,19,22). The quantitative estimate of drug-likeness (QED) is 0.880. The molecule has 2 aliphatic rings. The maximum atomic E-state index is 12.9. The molecule has 2 aromatic carbocycles. The van der Waals surface area contributed by atoms with E-state index in [2.05, 4.69) is 5.32 Å². The number of fused-ring (bicyclic) bond motifs is 1. The first-order chi connectivity index (χ1) is 11.6. The lowest BCUT2D eigenvalue weighted by Gasteiger charge is -2.22. The molecule has 1 saturated heterocycles. The molecule has 122 valence electrons. The average molecular weight is 324 g/mol. The maximum absolute atomic E-state index is 12.9. The molecule has 2 heterocycles. The van der Waals surface area contributed by atoms with Gasteiger partial charge in [0.2, 0.25) is 6.79 Å². The van der Waals surface area contributed by atoms with Gasteiger partial charge in [-0.3, -0.25) is 9.69 Å². The number of nitrogens with one attached hydrogen (secondary N) is 1. The van der Waals surface area contributed by atoms with Gasteiger partial charge < -0.3 is 14.8 Å². The van der Waals surface area contributed by atoms with Crippen LogP contribution in [0.3, 0.4) is 0 Å². The van der Waals surface area contributed by atoms with E-state index in [0.29, 0.717) is 17.1 Å². The molecule has 3 amide bonds. The minimum absolute atomic E-state index is 0.163. The van der Waals surface area contributed by atoms with E-state index in [9.17, 15) is 9.59 Å². The van der Waals surface area contributed by atoms with E-state index >= 15 is 0 Å². The van der Waals surface area contributed by atoms with E-state index in [1.54, 1.807) is 25.1 Å². The third-order valence-corrected chi connectivity index (χ3v) is 4.41. The number of rotatable bonds is 3. The summed E-state index contributed by atoms with van der Waals surface area (Å²) < 4.78 is 10.7. The topological polar surface area (TPSA) is 67.9 Å². The molecule has 24 heavy (non-hydrogen) atoms. The monoisotopic (exact) mass is 324 g/mol. The zero-order valence-corrected chi connectivity index (χ0v) is 13.1. The van der Waals surface area contributed by atoms with E-state index in [4.69, 9.17) is 9.47 Å². The van der Waals surface area contributed by atoms with Crippen molar-refractivity contribution in [2.24, 2.45) is 0 Å². The van der Waals surface area contributed by atoms with Crippen LogP contribution in [-0.4, -0.2) is 23.6 Å². The lowest BCUT2D eigenvalue weighted by atomic mass is 9.91. The molecule has 1 fully saturated rings. The first-order valence-electron chi connectivity index (χ1n) is 7.66. The van der Waals surface area contributed by atoms with E-state index in [0.717, 1.165) is 5.56 Å². The molecule has 0 bridgehead atoms. The predicted molar refractivity (Wildman–Crippen MR) is 85.4 cm³/mol. The van der Waals surface area contributed by atoms with Gasteiger partial charge in [-0.05, 0) is 30.2 Å². The van der Waals surface area contributed by atoms with Crippen LogP contribution in [0.4, 0.5) is 4.79 Å². The second-order valence-corrected chi connectivity index (χ2v) is 6.00. The van der Waals surface area contributed by atoms with Gasteiger partial charge in [-0.25, -0.2) is 4.79 Å². The molecular formula is C18H16N2O4. The Kier molecular flexibility index (Phi) is 3.19. The summed E-state index contributed by atoms with van der Waals surface area (Å²) in [7, 11) is 0. The Balaban J connectivity index is 1.64. The molecule has 1 atom stereocenters. The van der Waals surface area contributed by atoms with Crippen LogP contribution < -0.4 is 14.8 Å². The van der Waals surface area contributed by atoms with Crippen LogP contribution in [0.5, 0.6) is 11.5 Å². The second kappa shape index (κ2) is 5.26. The third kappa shape index (κ3) is 2.19. The van der Waals surface area contributed by atoms with E-state index in [1.165, 1.54) is 4.90 Å². The Morgan fingerprint density at radius 3 is 2.62 bits per heavy atom. The number of hydrogen-bond acceptors (Lipinski definition) is 4. The average Bonchev–Trinajstić information content (AvgIpc) is 3.14. The van der Waals surface area contributed by atoms with Crippen molar-refractivity contribution in [2.45, 2.75) is 19.0 Å². The smallest absolute Gasteiger partial charge is 0.325 e. The molecule has 0 saturated carbocycles. The van der Waals surface area contributed by atoms with E-state index in [1.807, 2.05) is 30.3 Å². The fourth-order valence-corrected chi connectivity index (χ4v) is 3.01. The normalized spacial score (nSPS) is 22.0. The maximum Gasteiger partial charge on any atom is 0.325 e. The third-order valence-electron chi connectivity index (χ3n) is 4.41. The number of amides is 3. The number of urea groups is 1. The summed E-state index contributed by atoms with van der Waals surface area (Å²) in [6.45, 7) is 2.11. The summed E-state index contributed by atoms with van der Waals surface area (Å²) in [5.41, 5.74) is 0.448. The van der Waals surface area contributed by atoms with Crippen molar-refractivity contribution in [3.05, 3.63) is 59.7 Å². The second-order valence-electron chi connectivity index (χ2n) is 6.00. The number of imide groups is 1. The molecule has 1 N–H and O–H groups in total. The summed E-state index contributed by atoms with van der Waals surface area (Å²) in [5, 5.41) is 2.80. The molecule has 2 aromatic rings. The zero-order valence-electron chi connectivity index (χ0n) is 13.1. The molecular weight excluding hydrogens is 308 g/mol. The molecule has 0 aliphatic carbocycles. The van der Waals surface area contributed by atoms with Gasteiger partial charge in [-0.15, -0.1) is 0 Å². The highest BCUT2D eigenvalue weighted by Crippen LogP contribution is 2.38. The Morgan fingerprint density at radius 1 is 1.08 bits per heavy atom. The predicted octanol–water partition coefficient (Wildman–Crippen LogP) is 2.38. The molecule has 0 spiro atoms. The first kappa shape index (κ1) is 14.6. The fourth-order valence-electron chi connectivity index (χ4n) is 3.01. The van der Waals surface area contributed by atoms with Crippen LogP contribution in [0.15, 0.2) is 48.5 Å². The van der Waals surface area contributed by atoms with Crippen LogP contribution in [0.25, 0.3) is 0 Å². The summed E-state index contributed by atoms with van der Waals surface area (Å²) in [5.74, 6) is 0.938. The highest BCUT2D eigenvalue weighted by Gasteiger charge is 2.49. The Bertz CT molecular complexity index is 821. The summed E-state index contributed by atoms with van der Waals surface area (Å²) in [6.07, 6.45) is 0. The van der Waals surface area contributed by atoms with Gasteiger partial charge in [0.1, 0.15) is 5.54 Å². The van der Waals surface area contributed by atoms with Crippen molar-refractivity contribution in [3.63, 3.8) is 0 Å². The van der Waals surface area contributed by atoms with Crippen LogP contribution in [0.1, 0.15) is 18.1 Å². The van der Waals surface area contributed by atoms with Gasteiger partial charge in [0.25, 0.3) is 5.91 Å². The van der Waals surface area contributed by atoms with Crippen LogP contribution in [0.2, 0.25) is 0 Å². The van der Waals surface area contributed by atoms with Crippen LogP contribution >= 0.6 is 0 Å². The summed E-state index contributed by atoms with van der Waals surface area (Å²) >= 11 is 0. The largest absolute Gasteiger partial charge is 0.454 e. The Morgan fingerprint density at radius 2 is 1.83 bits per heavy atom. The number of carbonyl (C=O) groups is 2. The van der Waals surface area contributed by atoms with Gasteiger partial charge in [0.15, 0.2) is 11.5 Å². The van der Waals surface area contributed by atoms with Crippen LogP contribution in [0, 0.1) is 0 Å². The first-order valence-corrected chi connectivity index (χ1v) is 7.66. The van der Waals surface area contributed by atoms with Gasteiger partial charge >= 0.3 is 6.03 Å². The molecule has 6 nitrogen and oxygen atoms in total. The zero-order chi connectivity index (χ0) is 16.7. The van der Waals surface area contributed by atoms with Gasteiger partial charge in [0, 0.05) is 0 Å². The SMILES string of the molecule is CC1(c2ccc3c(c2)OCO3)NC(=O)N(Cc2ccccc2)C1=O. The Hall–Kier alpha value is -3.02. The number of hydrogen-bond donors (Lipinski definition) is 1. The van der Waals surface area contributed by atoms with Crippen molar-refractivity contribution in [1.82, 2.24) is 10.2 Å². The number of nitrogens with zero attached hydrogens (tertiary/aromatic N) is 1. The van der Waals surface area contributed by atoms with Gasteiger partial charge in [-0.1, -0.05) is 36.4 Å². The van der Waals surface area contributed by atoms with Gasteiger partial charge in [0.05, 0.1) is 6.54 Å². The summed E-state index contributed by atoms with van der Waals surface area (Å²) in [4.78, 5) is 26.5. The molecule has 1 unspecified atom stereocenters. The highest BCUT2D eigenvalue weighted by molar-refractivity contribution is 6.07. The number of benzene rings is 2. The van der Waals surface area contributed by atoms with E-state index in [-0.39, 0.29) is 19.2 Å². The van der Waals surface area contributed by atoms with Gasteiger partial charge in [-0.2, -0.15) is 0 Å². The lowest BCUT2D eigenvalue weighted by Crippen LogP contribution is -2.40. The lowest BCUT2D eigenvalue weighted by molar-refractivity contribution is -0.131. The summed E-state index contributed by atoms with van der Waals surface area (Å²) in [6, 6.07) is 14.3. The number of ether oxygens (including phenoxy) is 2. The molecule has 6 heteroatoms. The number of carbonyl (C=O) groups excluding carboxylic acids is 2. The van der Waals surface area contributed by atoms with Crippen LogP contribution in [-0.2, 0) is 16.9 Å². The van der Waals surface area contributed by atoms with Crippen molar-refractivity contribution in [3.8, 4) is 11.5 Å². The molecule has 0 aromatic heterocycles. The fraction of sp³-hybridized carbons (Fsp3) is 0.222. The minimum Gasteiger partial charge on any atom is -0.454 e.